The summed E-state index contributed by atoms with van der Waals surface area (Å²) in [4.78, 5) is 14.3. The van der Waals surface area contributed by atoms with Crippen LogP contribution >= 0.6 is 0 Å². The standard InChI is InChI=1S/C17H21F3N4O2/c1-10(2)12-8-14(26-22-12)13-5-4-6-23(13)16(25)9-24-11(3)7-15(21-24)17(18,19)20/h7-8,10,13H,4-6,9H2,1-3H3/t13-/m0/s1. The van der Waals surface area contributed by atoms with Crippen LogP contribution in [0.25, 0.3) is 0 Å². The summed E-state index contributed by atoms with van der Waals surface area (Å²) < 4.78 is 44.8. The van der Waals surface area contributed by atoms with E-state index in [4.69, 9.17) is 4.52 Å². The lowest BCUT2D eigenvalue weighted by Crippen LogP contribution is -2.33. The first-order valence-corrected chi connectivity index (χ1v) is 8.54. The van der Waals surface area contributed by atoms with E-state index >= 15 is 0 Å². The van der Waals surface area contributed by atoms with Gasteiger partial charge in [-0.3, -0.25) is 9.48 Å². The lowest BCUT2D eigenvalue weighted by atomic mass is 10.1. The molecule has 0 spiro atoms. The van der Waals surface area contributed by atoms with Gasteiger partial charge in [-0.05, 0) is 31.7 Å². The van der Waals surface area contributed by atoms with E-state index in [9.17, 15) is 18.0 Å². The Morgan fingerprint density at radius 1 is 1.38 bits per heavy atom. The molecular weight excluding hydrogens is 349 g/mol. The highest BCUT2D eigenvalue weighted by Gasteiger charge is 2.36. The van der Waals surface area contributed by atoms with Crippen molar-refractivity contribution >= 4 is 5.91 Å². The molecule has 1 fully saturated rings. The zero-order valence-corrected chi connectivity index (χ0v) is 14.9. The molecule has 2 aromatic rings. The fourth-order valence-corrected chi connectivity index (χ4v) is 3.12. The normalized spacial score (nSPS) is 18.1. The number of carbonyl (C=O) groups is 1. The summed E-state index contributed by atoms with van der Waals surface area (Å²) in [5, 5.41) is 7.55. The monoisotopic (exact) mass is 370 g/mol. The van der Waals surface area contributed by atoms with E-state index in [1.807, 2.05) is 19.9 Å². The molecule has 3 heterocycles. The van der Waals surface area contributed by atoms with Gasteiger partial charge in [0, 0.05) is 18.3 Å². The Labute approximate surface area is 148 Å². The molecule has 3 rings (SSSR count). The number of hydrogen-bond acceptors (Lipinski definition) is 4. The summed E-state index contributed by atoms with van der Waals surface area (Å²) in [6, 6.07) is 2.56. The Balaban J connectivity index is 1.75. The molecule has 1 aliphatic rings. The highest BCUT2D eigenvalue weighted by atomic mass is 19.4. The second-order valence-corrected chi connectivity index (χ2v) is 6.88. The summed E-state index contributed by atoms with van der Waals surface area (Å²) in [6.45, 7) is 5.80. The van der Waals surface area contributed by atoms with E-state index in [1.54, 1.807) is 4.90 Å². The van der Waals surface area contributed by atoms with Crippen LogP contribution in [0.1, 0.15) is 61.5 Å². The van der Waals surface area contributed by atoms with Crippen LogP contribution in [0.4, 0.5) is 13.2 Å². The summed E-state index contributed by atoms with van der Waals surface area (Å²) >= 11 is 0. The van der Waals surface area contributed by atoms with Gasteiger partial charge in [0.05, 0.1) is 11.7 Å². The van der Waals surface area contributed by atoms with Gasteiger partial charge in [0.1, 0.15) is 6.54 Å². The highest BCUT2D eigenvalue weighted by molar-refractivity contribution is 5.76. The van der Waals surface area contributed by atoms with Crippen molar-refractivity contribution < 1.29 is 22.5 Å². The number of aryl methyl sites for hydroxylation is 1. The number of hydrogen-bond donors (Lipinski definition) is 0. The van der Waals surface area contributed by atoms with Gasteiger partial charge in [0.25, 0.3) is 0 Å². The van der Waals surface area contributed by atoms with Gasteiger partial charge in [0.2, 0.25) is 5.91 Å². The molecule has 0 unspecified atom stereocenters. The quantitative estimate of drug-likeness (QED) is 0.823. The minimum atomic E-state index is -4.53. The molecule has 0 aromatic carbocycles. The first-order valence-electron chi connectivity index (χ1n) is 8.54. The molecule has 0 N–H and O–H groups in total. The molecule has 9 heteroatoms. The Morgan fingerprint density at radius 3 is 2.69 bits per heavy atom. The average molecular weight is 370 g/mol. The maximum absolute atomic E-state index is 12.8. The minimum Gasteiger partial charge on any atom is -0.359 e. The maximum Gasteiger partial charge on any atom is 0.435 e. The lowest BCUT2D eigenvalue weighted by Gasteiger charge is -2.23. The number of aromatic nitrogens is 3. The zero-order chi connectivity index (χ0) is 19.1. The van der Waals surface area contributed by atoms with Crippen molar-refractivity contribution in [2.24, 2.45) is 0 Å². The number of nitrogens with zero attached hydrogens (tertiary/aromatic N) is 4. The maximum atomic E-state index is 12.8. The van der Waals surface area contributed by atoms with Crippen molar-refractivity contribution in [3.8, 4) is 0 Å². The summed E-state index contributed by atoms with van der Waals surface area (Å²) in [5.74, 6) is 0.549. The van der Waals surface area contributed by atoms with E-state index in [1.165, 1.54) is 6.92 Å². The Bertz CT molecular complexity index is 794. The second kappa shape index (κ2) is 6.77. The molecule has 1 aliphatic heterocycles. The van der Waals surface area contributed by atoms with Crippen molar-refractivity contribution in [3.63, 3.8) is 0 Å². The smallest absolute Gasteiger partial charge is 0.359 e. The molecule has 1 atom stereocenters. The predicted octanol–water partition coefficient (Wildman–Crippen LogP) is 3.69. The van der Waals surface area contributed by atoms with E-state index in [0.717, 1.165) is 29.3 Å². The SMILES string of the molecule is Cc1cc(C(F)(F)F)nn1CC(=O)N1CCC[C@H]1c1cc(C(C)C)no1. The number of likely N-dealkylation sites (tertiary alicyclic amines) is 1. The van der Waals surface area contributed by atoms with E-state index in [0.29, 0.717) is 18.0 Å². The van der Waals surface area contributed by atoms with Crippen LogP contribution in [-0.2, 0) is 17.5 Å². The van der Waals surface area contributed by atoms with Crippen molar-refractivity contribution in [1.82, 2.24) is 19.8 Å². The molecule has 2 aromatic heterocycles. The molecule has 0 aliphatic carbocycles. The van der Waals surface area contributed by atoms with Crippen LogP contribution in [0.5, 0.6) is 0 Å². The molecule has 0 bridgehead atoms. The van der Waals surface area contributed by atoms with Crippen LogP contribution < -0.4 is 0 Å². The largest absolute Gasteiger partial charge is 0.435 e. The molecule has 6 nitrogen and oxygen atoms in total. The van der Waals surface area contributed by atoms with Gasteiger partial charge in [-0.2, -0.15) is 18.3 Å². The van der Waals surface area contributed by atoms with Crippen LogP contribution in [0.2, 0.25) is 0 Å². The number of rotatable bonds is 4. The third-order valence-electron chi connectivity index (χ3n) is 4.60. The van der Waals surface area contributed by atoms with Gasteiger partial charge in [-0.1, -0.05) is 19.0 Å². The lowest BCUT2D eigenvalue weighted by molar-refractivity contribution is -0.142. The molecule has 0 saturated carbocycles. The van der Waals surface area contributed by atoms with Gasteiger partial charge >= 0.3 is 6.18 Å². The Hall–Kier alpha value is -2.32. The van der Waals surface area contributed by atoms with E-state index < -0.39 is 11.9 Å². The van der Waals surface area contributed by atoms with Crippen LogP contribution in [0.15, 0.2) is 16.7 Å². The fraction of sp³-hybridized carbons (Fsp3) is 0.588. The molecular formula is C17H21F3N4O2. The van der Waals surface area contributed by atoms with Crippen molar-refractivity contribution in [2.75, 3.05) is 6.54 Å². The van der Waals surface area contributed by atoms with Crippen LogP contribution in [0.3, 0.4) is 0 Å². The molecule has 1 amide bonds. The molecule has 26 heavy (non-hydrogen) atoms. The van der Waals surface area contributed by atoms with E-state index in [2.05, 4.69) is 10.3 Å². The second-order valence-electron chi connectivity index (χ2n) is 6.88. The van der Waals surface area contributed by atoms with Gasteiger partial charge in [-0.15, -0.1) is 0 Å². The number of amides is 1. The van der Waals surface area contributed by atoms with Crippen molar-refractivity contribution in [3.05, 3.63) is 35.0 Å². The van der Waals surface area contributed by atoms with Gasteiger partial charge < -0.3 is 9.42 Å². The third-order valence-corrected chi connectivity index (χ3v) is 4.60. The highest BCUT2D eigenvalue weighted by Crippen LogP contribution is 2.34. The number of carbonyl (C=O) groups excluding carboxylic acids is 1. The zero-order valence-electron chi connectivity index (χ0n) is 14.9. The Kier molecular flexibility index (Phi) is 4.81. The van der Waals surface area contributed by atoms with Crippen LogP contribution in [0, 0.1) is 6.92 Å². The molecule has 142 valence electrons. The summed E-state index contributed by atoms with van der Waals surface area (Å²) in [6.07, 6.45) is -2.98. The first-order chi connectivity index (χ1) is 12.2. The topological polar surface area (TPSA) is 64.2 Å². The van der Waals surface area contributed by atoms with Crippen LogP contribution in [-0.4, -0.2) is 32.3 Å². The first kappa shape index (κ1) is 18.5. The summed E-state index contributed by atoms with van der Waals surface area (Å²) in [5.41, 5.74) is 0.123. The van der Waals surface area contributed by atoms with E-state index in [-0.39, 0.29) is 24.4 Å². The Morgan fingerprint density at radius 2 is 2.12 bits per heavy atom. The average Bonchev–Trinajstić information content (AvgIpc) is 3.24. The molecule has 1 saturated heterocycles. The number of halogens is 3. The fourth-order valence-electron chi connectivity index (χ4n) is 3.12. The third kappa shape index (κ3) is 3.61. The van der Waals surface area contributed by atoms with Gasteiger partial charge in [0.15, 0.2) is 11.5 Å². The van der Waals surface area contributed by atoms with Gasteiger partial charge in [-0.25, -0.2) is 0 Å². The van der Waals surface area contributed by atoms with Crippen molar-refractivity contribution in [1.29, 1.82) is 0 Å². The summed E-state index contributed by atoms with van der Waals surface area (Å²) in [7, 11) is 0. The minimum absolute atomic E-state index is 0.213. The van der Waals surface area contributed by atoms with Crippen molar-refractivity contribution in [2.45, 2.75) is 58.3 Å². The molecule has 0 radical (unpaired) electrons. The number of alkyl halides is 3. The predicted molar refractivity (Wildman–Crippen MR) is 86.2 cm³/mol.